The molecule has 1 amide bonds. The Kier molecular flexibility index (Phi) is 3.57. The number of amides is 1. The Labute approximate surface area is 107 Å². The summed E-state index contributed by atoms with van der Waals surface area (Å²) >= 11 is 0. The summed E-state index contributed by atoms with van der Waals surface area (Å²) in [6.45, 7) is 4.38. The molecule has 0 saturated carbocycles. The second-order valence-electron chi connectivity index (χ2n) is 4.87. The Morgan fingerprint density at radius 2 is 2.22 bits per heavy atom. The molecule has 4 nitrogen and oxygen atoms in total. The predicted octanol–water partition coefficient (Wildman–Crippen LogP) is 1.66. The molecule has 0 aromatic heterocycles. The molecule has 1 saturated heterocycles. The number of likely N-dealkylation sites (N-methyl/N-ethyl adjacent to an activating group) is 1. The van der Waals surface area contributed by atoms with Crippen LogP contribution >= 0.6 is 0 Å². The van der Waals surface area contributed by atoms with E-state index in [4.69, 9.17) is 4.74 Å². The molecule has 2 rings (SSSR count). The molecule has 2 unspecified atom stereocenters. The molecular weight excluding hydrogens is 230 g/mol. The van der Waals surface area contributed by atoms with Gasteiger partial charge in [0, 0.05) is 25.6 Å². The van der Waals surface area contributed by atoms with E-state index in [1.54, 1.807) is 18.9 Å². The molecule has 4 heteroatoms. The first kappa shape index (κ1) is 12.9. The minimum atomic E-state index is -0.602. The van der Waals surface area contributed by atoms with Crippen LogP contribution in [-0.2, 0) is 4.79 Å². The molecule has 1 aliphatic rings. The number of aliphatic hydroxyl groups is 1. The number of rotatable bonds is 3. The number of carbonyl (C=O) groups is 1. The third-order valence-corrected chi connectivity index (χ3v) is 3.27. The second-order valence-corrected chi connectivity index (χ2v) is 4.87. The highest BCUT2D eigenvalue weighted by Crippen LogP contribution is 2.28. The van der Waals surface area contributed by atoms with E-state index in [2.05, 4.69) is 0 Å². The zero-order valence-electron chi connectivity index (χ0n) is 11.0. The van der Waals surface area contributed by atoms with Crippen molar-refractivity contribution < 1.29 is 14.6 Å². The van der Waals surface area contributed by atoms with Gasteiger partial charge in [0.05, 0.1) is 6.10 Å². The average Bonchev–Trinajstić information content (AvgIpc) is 2.61. The van der Waals surface area contributed by atoms with Crippen molar-refractivity contribution in [1.82, 2.24) is 4.90 Å². The van der Waals surface area contributed by atoms with Crippen LogP contribution in [0.2, 0.25) is 0 Å². The molecule has 0 radical (unpaired) electrons. The fraction of sp³-hybridized carbons (Fsp3) is 0.500. The van der Waals surface area contributed by atoms with E-state index < -0.39 is 12.2 Å². The smallest absolute Gasteiger partial charge is 0.263 e. The summed E-state index contributed by atoms with van der Waals surface area (Å²) < 4.78 is 5.78. The lowest BCUT2D eigenvalue weighted by molar-refractivity contribution is -0.132. The normalized spacial score (nSPS) is 21.2. The van der Waals surface area contributed by atoms with Gasteiger partial charge < -0.3 is 14.7 Å². The van der Waals surface area contributed by atoms with Crippen molar-refractivity contribution in [1.29, 1.82) is 0 Å². The van der Waals surface area contributed by atoms with Crippen LogP contribution in [0.1, 0.15) is 30.6 Å². The number of aliphatic hydroxyl groups excluding tert-OH is 1. The number of hydrogen-bond acceptors (Lipinski definition) is 3. The molecule has 1 aliphatic heterocycles. The van der Waals surface area contributed by atoms with Crippen molar-refractivity contribution >= 4 is 5.91 Å². The van der Waals surface area contributed by atoms with Crippen LogP contribution in [-0.4, -0.2) is 35.6 Å². The Hall–Kier alpha value is -1.55. The monoisotopic (exact) mass is 249 g/mol. The first-order valence-electron chi connectivity index (χ1n) is 6.19. The predicted molar refractivity (Wildman–Crippen MR) is 68.5 cm³/mol. The Morgan fingerprint density at radius 1 is 1.50 bits per heavy atom. The van der Waals surface area contributed by atoms with Gasteiger partial charge in [0.1, 0.15) is 5.75 Å². The van der Waals surface area contributed by atoms with Gasteiger partial charge in [-0.25, -0.2) is 0 Å². The van der Waals surface area contributed by atoms with Crippen molar-refractivity contribution in [3.8, 4) is 5.75 Å². The topological polar surface area (TPSA) is 49.8 Å². The van der Waals surface area contributed by atoms with Crippen molar-refractivity contribution in [2.24, 2.45) is 0 Å². The van der Waals surface area contributed by atoms with Crippen LogP contribution in [0.25, 0.3) is 0 Å². The van der Waals surface area contributed by atoms with E-state index in [-0.39, 0.29) is 5.91 Å². The van der Waals surface area contributed by atoms with E-state index in [1.165, 1.54) is 0 Å². The van der Waals surface area contributed by atoms with Gasteiger partial charge in [-0.2, -0.15) is 0 Å². The highest BCUT2D eigenvalue weighted by atomic mass is 16.5. The van der Waals surface area contributed by atoms with E-state index in [9.17, 15) is 9.90 Å². The number of benzene rings is 1. The third kappa shape index (κ3) is 2.48. The first-order chi connectivity index (χ1) is 8.49. The number of aryl methyl sites for hydroxylation is 1. The van der Waals surface area contributed by atoms with Gasteiger partial charge in [-0.15, -0.1) is 0 Å². The molecule has 1 aromatic carbocycles. The molecule has 0 bridgehead atoms. The summed E-state index contributed by atoms with van der Waals surface area (Å²) in [7, 11) is 1.78. The minimum Gasteiger partial charge on any atom is -0.480 e. The number of nitrogens with zero attached hydrogens (tertiary/aromatic N) is 1. The fourth-order valence-corrected chi connectivity index (χ4v) is 2.14. The SMILES string of the molecule is Cc1ccc(C(C)O)c(OC2CCN(C)C2=O)c1. The molecule has 1 heterocycles. The summed E-state index contributed by atoms with van der Waals surface area (Å²) in [5.74, 6) is 0.617. The zero-order valence-corrected chi connectivity index (χ0v) is 11.0. The van der Waals surface area contributed by atoms with Crippen molar-refractivity contribution in [2.75, 3.05) is 13.6 Å². The van der Waals surface area contributed by atoms with Crippen molar-refractivity contribution in [3.05, 3.63) is 29.3 Å². The summed E-state index contributed by atoms with van der Waals surface area (Å²) in [4.78, 5) is 13.5. The van der Waals surface area contributed by atoms with E-state index in [0.717, 1.165) is 17.7 Å². The van der Waals surface area contributed by atoms with E-state index in [0.29, 0.717) is 12.2 Å². The standard InChI is InChI=1S/C14H19NO3/c1-9-4-5-11(10(2)16)13(8-9)18-12-6-7-15(3)14(12)17/h4-5,8,10,12,16H,6-7H2,1-3H3. The molecule has 1 aromatic rings. The molecule has 1 fully saturated rings. The Bertz CT molecular complexity index is 456. The summed E-state index contributed by atoms with van der Waals surface area (Å²) in [6, 6.07) is 5.64. The maximum Gasteiger partial charge on any atom is 0.263 e. The molecule has 0 spiro atoms. The van der Waals surface area contributed by atoms with Crippen molar-refractivity contribution in [3.63, 3.8) is 0 Å². The summed E-state index contributed by atoms with van der Waals surface area (Å²) in [5.41, 5.74) is 1.77. The lowest BCUT2D eigenvalue weighted by Gasteiger charge is -2.18. The van der Waals surface area contributed by atoms with Crippen LogP contribution < -0.4 is 4.74 Å². The van der Waals surface area contributed by atoms with Gasteiger partial charge in [0.2, 0.25) is 0 Å². The quantitative estimate of drug-likeness (QED) is 0.886. The maximum atomic E-state index is 11.8. The van der Waals surface area contributed by atoms with Crippen LogP contribution in [0.4, 0.5) is 0 Å². The Morgan fingerprint density at radius 3 is 2.78 bits per heavy atom. The summed E-state index contributed by atoms with van der Waals surface area (Å²) in [6.07, 6.45) is -0.327. The van der Waals surface area contributed by atoms with Crippen molar-refractivity contribution in [2.45, 2.75) is 32.5 Å². The van der Waals surface area contributed by atoms with Crippen LogP contribution in [0.3, 0.4) is 0 Å². The highest BCUT2D eigenvalue weighted by molar-refractivity contribution is 5.83. The third-order valence-electron chi connectivity index (χ3n) is 3.27. The van der Waals surface area contributed by atoms with E-state index >= 15 is 0 Å². The number of carbonyl (C=O) groups excluding carboxylic acids is 1. The largest absolute Gasteiger partial charge is 0.480 e. The van der Waals surface area contributed by atoms with Gasteiger partial charge in [-0.3, -0.25) is 4.79 Å². The number of ether oxygens (including phenoxy) is 1. The number of likely N-dealkylation sites (tertiary alicyclic amines) is 1. The molecular formula is C14H19NO3. The average molecular weight is 249 g/mol. The first-order valence-corrected chi connectivity index (χ1v) is 6.19. The number of hydrogen-bond donors (Lipinski definition) is 1. The maximum absolute atomic E-state index is 11.8. The van der Waals surface area contributed by atoms with Gasteiger partial charge in [-0.1, -0.05) is 12.1 Å². The molecule has 18 heavy (non-hydrogen) atoms. The Balaban J connectivity index is 2.23. The molecule has 0 aliphatic carbocycles. The lowest BCUT2D eigenvalue weighted by atomic mass is 10.1. The highest BCUT2D eigenvalue weighted by Gasteiger charge is 2.31. The van der Waals surface area contributed by atoms with Gasteiger partial charge >= 0.3 is 0 Å². The zero-order chi connectivity index (χ0) is 13.3. The van der Waals surface area contributed by atoms with E-state index in [1.807, 2.05) is 25.1 Å². The molecule has 98 valence electrons. The van der Waals surface area contributed by atoms with Gasteiger partial charge in [0.15, 0.2) is 6.10 Å². The van der Waals surface area contributed by atoms with Crippen LogP contribution in [0.5, 0.6) is 5.75 Å². The van der Waals surface area contributed by atoms with Gasteiger partial charge in [-0.05, 0) is 25.5 Å². The molecule has 1 N–H and O–H groups in total. The molecule has 2 atom stereocenters. The summed E-state index contributed by atoms with van der Waals surface area (Å²) in [5, 5.41) is 9.71. The second kappa shape index (κ2) is 4.98. The fourth-order valence-electron chi connectivity index (χ4n) is 2.14. The lowest BCUT2D eigenvalue weighted by Crippen LogP contribution is -2.29. The van der Waals surface area contributed by atoms with Gasteiger partial charge in [0.25, 0.3) is 5.91 Å². The van der Waals surface area contributed by atoms with Crippen LogP contribution in [0, 0.1) is 6.92 Å². The van der Waals surface area contributed by atoms with Crippen LogP contribution in [0.15, 0.2) is 18.2 Å². The minimum absolute atomic E-state index is 0.00745.